The lowest BCUT2D eigenvalue weighted by Gasteiger charge is -2.27. The van der Waals surface area contributed by atoms with E-state index in [9.17, 15) is 4.79 Å². The fraction of sp³-hybridized carbons (Fsp3) is 0.429. The quantitative estimate of drug-likeness (QED) is 0.662. The molecule has 0 spiro atoms. The fourth-order valence-electron chi connectivity index (χ4n) is 3.82. The van der Waals surface area contributed by atoms with Crippen molar-refractivity contribution in [2.24, 2.45) is 7.05 Å². The SMILES string of the molecule is CCOc1ccc(C(=O)N2CCc3c(c(-c4nc(C5CC5)no4)nn3C)C2)cc1. The van der Waals surface area contributed by atoms with Crippen molar-refractivity contribution in [3.63, 3.8) is 0 Å². The lowest BCUT2D eigenvalue weighted by Crippen LogP contribution is -2.36. The van der Waals surface area contributed by atoms with Crippen molar-refractivity contribution in [2.75, 3.05) is 13.2 Å². The van der Waals surface area contributed by atoms with Crippen LogP contribution in [0, 0.1) is 0 Å². The highest BCUT2D eigenvalue weighted by Crippen LogP contribution is 2.39. The number of aryl methyl sites for hydroxylation is 1. The molecule has 1 aliphatic heterocycles. The first kappa shape index (κ1) is 17.9. The van der Waals surface area contributed by atoms with Crippen LogP contribution in [0.5, 0.6) is 5.75 Å². The number of aromatic nitrogens is 4. The molecular weight excluding hydrogens is 370 g/mol. The minimum Gasteiger partial charge on any atom is -0.494 e. The van der Waals surface area contributed by atoms with Gasteiger partial charge in [-0.3, -0.25) is 9.48 Å². The Morgan fingerprint density at radius 2 is 2.07 bits per heavy atom. The predicted molar refractivity (Wildman–Crippen MR) is 105 cm³/mol. The number of nitrogens with zero attached hydrogens (tertiary/aromatic N) is 5. The Bertz CT molecular complexity index is 1050. The van der Waals surface area contributed by atoms with Crippen LogP contribution in [0.4, 0.5) is 0 Å². The minimum absolute atomic E-state index is 0.00213. The molecule has 1 fully saturated rings. The van der Waals surface area contributed by atoms with Gasteiger partial charge in [0, 0.05) is 42.8 Å². The van der Waals surface area contributed by atoms with Crippen molar-refractivity contribution >= 4 is 5.91 Å². The highest BCUT2D eigenvalue weighted by molar-refractivity contribution is 5.94. The molecule has 0 atom stereocenters. The van der Waals surface area contributed by atoms with E-state index in [2.05, 4.69) is 15.2 Å². The standard InChI is InChI=1S/C21H23N5O3/c1-3-28-15-8-6-14(7-9-15)21(27)26-11-10-17-16(12-26)18(23-25(17)2)20-22-19(24-29-20)13-4-5-13/h6-9,13H,3-5,10-12H2,1-2H3. The first-order chi connectivity index (χ1) is 14.1. The monoisotopic (exact) mass is 393 g/mol. The third kappa shape index (κ3) is 3.28. The van der Waals surface area contributed by atoms with E-state index in [-0.39, 0.29) is 5.91 Å². The Balaban J connectivity index is 1.40. The Hall–Kier alpha value is -3.16. The lowest BCUT2D eigenvalue weighted by atomic mass is 10.0. The molecule has 8 nitrogen and oxygen atoms in total. The number of amides is 1. The summed E-state index contributed by atoms with van der Waals surface area (Å²) in [5, 5.41) is 8.73. The summed E-state index contributed by atoms with van der Waals surface area (Å²) in [5.74, 6) is 2.39. The summed E-state index contributed by atoms with van der Waals surface area (Å²) in [6.45, 7) is 3.66. The molecule has 0 saturated heterocycles. The summed E-state index contributed by atoms with van der Waals surface area (Å²) in [7, 11) is 1.92. The second-order valence-corrected chi connectivity index (χ2v) is 7.56. The van der Waals surface area contributed by atoms with Gasteiger partial charge in [0.05, 0.1) is 13.2 Å². The van der Waals surface area contributed by atoms with Gasteiger partial charge < -0.3 is 14.2 Å². The highest BCUT2D eigenvalue weighted by atomic mass is 16.5. The van der Waals surface area contributed by atoms with Gasteiger partial charge in [0.25, 0.3) is 11.8 Å². The van der Waals surface area contributed by atoms with Gasteiger partial charge in [-0.1, -0.05) is 5.16 Å². The van der Waals surface area contributed by atoms with Crippen LogP contribution in [0.1, 0.15) is 53.1 Å². The Morgan fingerprint density at radius 1 is 1.28 bits per heavy atom. The van der Waals surface area contributed by atoms with E-state index in [0.717, 1.165) is 42.1 Å². The van der Waals surface area contributed by atoms with Gasteiger partial charge in [0.2, 0.25) is 0 Å². The molecule has 1 aliphatic carbocycles. The van der Waals surface area contributed by atoms with Gasteiger partial charge in [-0.25, -0.2) is 0 Å². The number of rotatable bonds is 5. The van der Waals surface area contributed by atoms with Gasteiger partial charge in [0.1, 0.15) is 5.75 Å². The molecule has 3 heterocycles. The van der Waals surface area contributed by atoms with Gasteiger partial charge in [-0.05, 0) is 44.0 Å². The highest BCUT2D eigenvalue weighted by Gasteiger charge is 2.32. The number of hydrogen-bond acceptors (Lipinski definition) is 6. The average Bonchev–Trinajstić information content (AvgIpc) is 3.39. The first-order valence-corrected chi connectivity index (χ1v) is 10.0. The molecule has 8 heteroatoms. The van der Waals surface area contributed by atoms with Crippen LogP contribution in [0.3, 0.4) is 0 Å². The molecular formula is C21H23N5O3. The van der Waals surface area contributed by atoms with Crippen molar-refractivity contribution < 1.29 is 14.1 Å². The maximum Gasteiger partial charge on any atom is 0.278 e. The van der Waals surface area contributed by atoms with E-state index >= 15 is 0 Å². The predicted octanol–water partition coefficient (Wildman–Crippen LogP) is 2.94. The van der Waals surface area contributed by atoms with E-state index in [0.29, 0.717) is 42.8 Å². The number of ether oxygens (including phenoxy) is 1. The van der Waals surface area contributed by atoms with Gasteiger partial charge >= 0.3 is 0 Å². The second-order valence-electron chi connectivity index (χ2n) is 7.56. The van der Waals surface area contributed by atoms with Crippen molar-refractivity contribution in [2.45, 2.75) is 38.6 Å². The molecule has 0 unspecified atom stereocenters. The molecule has 1 amide bonds. The molecule has 2 aliphatic rings. The van der Waals surface area contributed by atoms with Crippen molar-refractivity contribution in [1.82, 2.24) is 24.8 Å². The smallest absolute Gasteiger partial charge is 0.278 e. The summed E-state index contributed by atoms with van der Waals surface area (Å²) in [6, 6.07) is 7.29. The molecule has 0 radical (unpaired) electrons. The van der Waals surface area contributed by atoms with E-state index in [1.165, 1.54) is 0 Å². The molecule has 5 rings (SSSR count). The number of benzene rings is 1. The zero-order valence-corrected chi connectivity index (χ0v) is 16.6. The Labute approximate surface area is 168 Å². The fourth-order valence-corrected chi connectivity index (χ4v) is 3.82. The third-order valence-electron chi connectivity index (χ3n) is 5.53. The van der Waals surface area contributed by atoms with Gasteiger partial charge in [-0.15, -0.1) is 0 Å². The van der Waals surface area contributed by atoms with Gasteiger partial charge in [-0.2, -0.15) is 10.1 Å². The molecule has 0 bridgehead atoms. The van der Waals surface area contributed by atoms with Crippen LogP contribution in [0.15, 0.2) is 28.8 Å². The van der Waals surface area contributed by atoms with E-state index in [1.54, 1.807) is 0 Å². The summed E-state index contributed by atoms with van der Waals surface area (Å²) in [6.07, 6.45) is 2.97. The summed E-state index contributed by atoms with van der Waals surface area (Å²) >= 11 is 0. The average molecular weight is 393 g/mol. The zero-order valence-electron chi connectivity index (χ0n) is 16.6. The summed E-state index contributed by atoms with van der Waals surface area (Å²) in [4.78, 5) is 19.4. The number of carbonyl (C=O) groups excluding carboxylic acids is 1. The molecule has 2 aromatic heterocycles. The van der Waals surface area contributed by atoms with Crippen LogP contribution >= 0.6 is 0 Å². The van der Waals surface area contributed by atoms with E-state index in [1.807, 2.05) is 47.8 Å². The van der Waals surface area contributed by atoms with Crippen molar-refractivity contribution in [3.8, 4) is 17.3 Å². The second kappa shape index (κ2) is 7.02. The zero-order chi connectivity index (χ0) is 20.0. The minimum atomic E-state index is -0.00213. The number of fused-ring (bicyclic) bond motifs is 1. The molecule has 150 valence electrons. The number of hydrogen-bond donors (Lipinski definition) is 0. The normalized spacial score (nSPS) is 16.0. The molecule has 3 aromatic rings. The largest absolute Gasteiger partial charge is 0.494 e. The summed E-state index contributed by atoms with van der Waals surface area (Å²) < 4.78 is 12.8. The lowest BCUT2D eigenvalue weighted by molar-refractivity contribution is 0.0733. The molecule has 1 aromatic carbocycles. The maximum absolute atomic E-state index is 13.0. The Morgan fingerprint density at radius 3 is 2.79 bits per heavy atom. The van der Waals surface area contributed by atoms with Crippen LogP contribution < -0.4 is 4.74 Å². The van der Waals surface area contributed by atoms with Crippen LogP contribution in [0.2, 0.25) is 0 Å². The van der Waals surface area contributed by atoms with Crippen LogP contribution in [-0.2, 0) is 20.0 Å². The Kier molecular flexibility index (Phi) is 4.34. The first-order valence-electron chi connectivity index (χ1n) is 10.0. The van der Waals surface area contributed by atoms with Crippen LogP contribution in [-0.4, -0.2) is 43.9 Å². The third-order valence-corrected chi connectivity index (χ3v) is 5.53. The number of carbonyl (C=O) groups is 1. The van der Waals surface area contributed by atoms with E-state index < -0.39 is 0 Å². The molecule has 29 heavy (non-hydrogen) atoms. The summed E-state index contributed by atoms with van der Waals surface area (Å²) in [5.41, 5.74) is 3.44. The van der Waals surface area contributed by atoms with E-state index in [4.69, 9.17) is 9.26 Å². The molecule has 0 N–H and O–H groups in total. The van der Waals surface area contributed by atoms with Crippen molar-refractivity contribution in [1.29, 1.82) is 0 Å². The van der Waals surface area contributed by atoms with Crippen LogP contribution in [0.25, 0.3) is 11.6 Å². The van der Waals surface area contributed by atoms with Gasteiger partial charge in [0.15, 0.2) is 11.5 Å². The molecule has 1 saturated carbocycles. The maximum atomic E-state index is 13.0. The van der Waals surface area contributed by atoms with Crippen molar-refractivity contribution in [3.05, 3.63) is 46.9 Å². The topological polar surface area (TPSA) is 86.3 Å².